The topological polar surface area (TPSA) is 35.5 Å². The quantitative estimate of drug-likeness (QED) is 0.790. The molecule has 1 aliphatic rings. The molecule has 0 bridgehead atoms. The number of hydrogen-bond donors (Lipinski definition) is 2. The van der Waals surface area contributed by atoms with Gasteiger partial charge in [0.15, 0.2) is 0 Å². The predicted molar refractivity (Wildman–Crippen MR) is 61.4 cm³/mol. The fraction of sp³-hybridized carbons (Fsp3) is 0.500. The molecule has 0 spiro atoms. The van der Waals surface area contributed by atoms with Gasteiger partial charge in [-0.15, -0.1) is 0 Å². The van der Waals surface area contributed by atoms with Crippen LogP contribution in [0, 0.1) is 5.92 Å². The Morgan fingerprint density at radius 3 is 2.47 bits per heavy atom. The average molecular weight is 206 g/mol. The van der Waals surface area contributed by atoms with Gasteiger partial charge < -0.3 is 10.5 Å². The number of nitrogens with one attached hydrogen (secondary N) is 1. The number of aliphatic hydroxyl groups excluding tert-OH is 1. The molecule has 1 fully saturated rings. The van der Waals surface area contributed by atoms with Gasteiger partial charge in [0.05, 0.1) is 0 Å². The van der Waals surface area contributed by atoms with E-state index >= 15 is 0 Å². The number of hydrazine groups is 1. The highest BCUT2D eigenvalue weighted by Crippen LogP contribution is 2.17. The molecule has 2 rings (SSSR count). The van der Waals surface area contributed by atoms with Gasteiger partial charge in [-0.05, 0) is 30.9 Å². The number of piperidine rings is 1. The predicted octanol–water partition coefficient (Wildman–Crippen LogP) is 1.72. The summed E-state index contributed by atoms with van der Waals surface area (Å²) < 4.78 is 0. The monoisotopic (exact) mass is 206 g/mol. The maximum absolute atomic E-state index is 9.03. The highest BCUT2D eigenvalue weighted by molar-refractivity contribution is 5.41. The van der Waals surface area contributed by atoms with Crippen molar-refractivity contribution in [1.82, 2.24) is 5.01 Å². The zero-order valence-electron chi connectivity index (χ0n) is 8.89. The first kappa shape index (κ1) is 10.5. The molecule has 3 nitrogen and oxygen atoms in total. The molecule has 1 saturated heterocycles. The van der Waals surface area contributed by atoms with Crippen LogP contribution in [0.4, 0.5) is 5.69 Å². The van der Waals surface area contributed by atoms with E-state index in [1.54, 1.807) is 0 Å². The zero-order chi connectivity index (χ0) is 10.5. The van der Waals surface area contributed by atoms with Gasteiger partial charge in [-0.1, -0.05) is 18.2 Å². The fourth-order valence-electron chi connectivity index (χ4n) is 1.92. The summed E-state index contributed by atoms with van der Waals surface area (Å²) in [5.41, 5.74) is 4.52. The Bertz CT molecular complexity index is 281. The Hall–Kier alpha value is -1.06. The molecule has 0 saturated carbocycles. The minimum absolute atomic E-state index is 0.333. The number of aliphatic hydroxyl groups is 1. The number of benzene rings is 1. The van der Waals surface area contributed by atoms with E-state index < -0.39 is 0 Å². The summed E-state index contributed by atoms with van der Waals surface area (Å²) in [6.45, 7) is 2.36. The van der Waals surface area contributed by atoms with Gasteiger partial charge in [-0.3, -0.25) is 0 Å². The first-order chi connectivity index (χ1) is 7.38. The number of hydrogen-bond acceptors (Lipinski definition) is 3. The van der Waals surface area contributed by atoms with Crippen LogP contribution in [0.5, 0.6) is 0 Å². The van der Waals surface area contributed by atoms with E-state index in [0.717, 1.165) is 31.6 Å². The lowest BCUT2D eigenvalue weighted by molar-refractivity contribution is 0.147. The summed E-state index contributed by atoms with van der Waals surface area (Å²) in [5, 5.41) is 11.3. The van der Waals surface area contributed by atoms with Gasteiger partial charge in [-0.2, -0.15) is 0 Å². The van der Waals surface area contributed by atoms with E-state index in [0.29, 0.717) is 12.5 Å². The molecule has 1 aromatic carbocycles. The maximum atomic E-state index is 9.03. The van der Waals surface area contributed by atoms with E-state index in [1.165, 1.54) is 0 Å². The van der Waals surface area contributed by atoms with E-state index in [1.807, 2.05) is 18.2 Å². The van der Waals surface area contributed by atoms with Crippen LogP contribution < -0.4 is 5.43 Å². The molecule has 0 aliphatic carbocycles. The van der Waals surface area contributed by atoms with Crippen LogP contribution in [-0.2, 0) is 0 Å². The second-order valence-corrected chi connectivity index (χ2v) is 4.09. The van der Waals surface area contributed by atoms with Gasteiger partial charge in [0.1, 0.15) is 0 Å². The van der Waals surface area contributed by atoms with Gasteiger partial charge >= 0.3 is 0 Å². The molecule has 15 heavy (non-hydrogen) atoms. The number of rotatable bonds is 3. The summed E-state index contributed by atoms with van der Waals surface area (Å²) >= 11 is 0. The molecule has 0 unspecified atom stereocenters. The Kier molecular flexibility index (Phi) is 3.59. The third-order valence-corrected chi connectivity index (χ3v) is 2.93. The van der Waals surface area contributed by atoms with E-state index in [2.05, 4.69) is 22.6 Å². The molecule has 1 aromatic rings. The molecule has 3 heteroatoms. The minimum atomic E-state index is 0.333. The Morgan fingerprint density at radius 2 is 1.87 bits per heavy atom. The second-order valence-electron chi connectivity index (χ2n) is 4.09. The molecule has 0 atom stereocenters. The van der Waals surface area contributed by atoms with Crippen molar-refractivity contribution in [3.63, 3.8) is 0 Å². The van der Waals surface area contributed by atoms with E-state index in [4.69, 9.17) is 5.11 Å². The molecule has 82 valence electrons. The summed E-state index contributed by atoms with van der Waals surface area (Å²) in [6.07, 6.45) is 2.16. The van der Waals surface area contributed by atoms with Crippen molar-refractivity contribution in [3.05, 3.63) is 30.3 Å². The minimum Gasteiger partial charge on any atom is -0.396 e. The third-order valence-electron chi connectivity index (χ3n) is 2.93. The molecular weight excluding hydrogens is 188 g/mol. The van der Waals surface area contributed by atoms with Crippen molar-refractivity contribution in [2.45, 2.75) is 12.8 Å². The summed E-state index contributed by atoms with van der Waals surface area (Å²) in [7, 11) is 0. The van der Waals surface area contributed by atoms with Gasteiger partial charge in [0, 0.05) is 25.4 Å². The molecule has 0 aromatic heterocycles. The Morgan fingerprint density at radius 1 is 1.20 bits per heavy atom. The van der Waals surface area contributed by atoms with Crippen LogP contribution in [0.25, 0.3) is 0 Å². The normalized spacial score (nSPS) is 19.0. The van der Waals surface area contributed by atoms with Crippen molar-refractivity contribution >= 4 is 5.69 Å². The Balaban J connectivity index is 1.82. The molecule has 1 aliphatic heterocycles. The van der Waals surface area contributed by atoms with Crippen molar-refractivity contribution < 1.29 is 5.11 Å². The molecular formula is C12H18N2O. The number of anilines is 1. The molecule has 2 N–H and O–H groups in total. The van der Waals surface area contributed by atoms with Crippen LogP contribution in [0.3, 0.4) is 0 Å². The van der Waals surface area contributed by atoms with Crippen molar-refractivity contribution in [2.24, 2.45) is 5.92 Å². The van der Waals surface area contributed by atoms with Crippen LogP contribution in [-0.4, -0.2) is 29.8 Å². The maximum Gasteiger partial charge on any atom is 0.0490 e. The zero-order valence-corrected chi connectivity index (χ0v) is 8.89. The molecule has 0 radical (unpaired) electrons. The van der Waals surface area contributed by atoms with Gasteiger partial charge in [0.2, 0.25) is 0 Å². The lowest BCUT2D eigenvalue weighted by atomic mass is 9.99. The second kappa shape index (κ2) is 5.14. The van der Waals surface area contributed by atoms with Crippen LogP contribution in [0.2, 0.25) is 0 Å². The molecule has 0 amide bonds. The van der Waals surface area contributed by atoms with Crippen LogP contribution in [0.1, 0.15) is 12.8 Å². The van der Waals surface area contributed by atoms with Gasteiger partial charge in [-0.25, -0.2) is 5.01 Å². The first-order valence-corrected chi connectivity index (χ1v) is 5.56. The highest BCUT2D eigenvalue weighted by Gasteiger charge is 2.17. The van der Waals surface area contributed by atoms with E-state index in [9.17, 15) is 0 Å². The SMILES string of the molecule is OCC1CCN(Nc2ccccc2)CC1. The third kappa shape index (κ3) is 2.94. The lowest BCUT2D eigenvalue weighted by Gasteiger charge is -2.31. The number of para-hydroxylation sites is 1. The van der Waals surface area contributed by atoms with Crippen molar-refractivity contribution in [2.75, 3.05) is 25.1 Å². The smallest absolute Gasteiger partial charge is 0.0490 e. The average Bonchev–Trinajstić information content (AvgIpc) is 2.31. The molecule has 1 heterocycles. The largest absolute Gasteiger partial charge is 0.396 e. The highest BCUT2D eigenvalue weighted by atomic mass is 16.3. The first-order valence-electron chi connectivity index (χ1n) is 5.56. The van der Waals surface area contributed by atoms with Crippen LogP contribution in [0.15, 0.2) is 30.3 Å². The summed E-state index contributed by atoms with van der Waals surface area (Å²) in [4.78, 5) is 0. The van der Waals surface area contributed by atoms with E-state index in [-0.39, 0.29) is 0 Å². The Labute approximate surface area is 90.7 Å². The lowest BCUT2D eigenvalue weighted by Crippen LogP contribution is -2.38. The summed E-state index contributed by atoms with van der Waals surface area (Å²) in [5.74, 6) is 0.499. The number of nitrogens with zero attached hydrogens (tertiary/aromatic N) is 1. The van der Waals surface area contributed by atoms with Gasteiger partial charge in [0.25, 0.3) is 0 Å². The fourth-order valence-corrected chi connectivity index (χ4v) is 1.92. The van der Waals surface area contributed by atoms with Crippen LogP contribution >= 0.6 is 0 Å². The summed E-state index contributed by atoms with van der Waals surface area (Å²) in [6, 6.07) is 10.2. The van der Waals surface area contributed by atoms with Crippen molar-refractivity contribution in [3.8, 4) is 0 Å². The van der Waals surface area contributed by atoms with Crippen molar-refractivity contribution in [1.29, 1.82) is 0 Å². The standard InChI is InChI=1S/C12H18N2O/c15-10-11-6-8-14(9-7-11)13-12-4-2-1-3-5-12/h1-5,11,13,15H,6-10H2.